The zero-order valence-corrected chi connectivity index (χ0v) is 8.90. The molecule has 0 saturated heterocycles. The van der Waals surface area contributed by atoms with Crippen molar-refractivity contribution in [2.45, 2.75) is 20.0 Å². The molecule has 0 radical (unpaired) electrons. The first kappa shape index (κ1) is 11.4. The third kappa shape index (κ3) is 3.89. The van der Waals surface area contributed by atoms with Crippen molar-refractivity contribution in [3.63, 3.8) is 0 Å². The van der Waals surface area contributed by atoms with Gasteiger partial charge in [-0.2, -0.15) is 0 Å². The zero-order chi connectivity index (χ0) is 11.1. The molecule has 15 heavy (non-hydrogen) atoms. The Morgan fingerprint density at radius 2 is 2.00 bits per heavy atom. The van der Waals surface area contributed by atoms with E-state index >= 15 is 0 Å². The average Bonchev–Trinajstić information content (AvgIpc) is 2.20. The molecule has 1 N–H and O–H groups in total. The van der Waals surface area contributed by atoms with Crippen LogP contribution in [0.4, 0.5) is 0 Å². The van der Waals surface area contributed by atoms with E-state index in [1.54, 1.807) is 6.07 Å². The van der Waals surface area contributed by atoms with Crippen molar-refractivity contribution in [1.82, 2.24) is 5.32 Å². The van der Waals surface area contributed by atoms with Crippen LogP contribution < -0.4 is 14.8 Å². The van der Waals surface area contributed by atoms with Gasteiger partial charge in [-0.1, -0.05) is 12.1 Å². The molecule has 0 atom stereocenters. The number of para-hydroxylation sites is 2. The molecule has 0 fully saturated rings. The summed E-state index contributed by atoms with van der Waals surface area (Å²) in [5.74, 6) is 1.31. The molecule has 0 unspecified atom stereocenters. The van der Waals surface area contributed by atoms with Crippen LogP contribution in [0.1, 0.15) is 13.8 Å². The maximum absolute atomic E-state index is 10.0. The first-order chi connectivity index (χ1) is 7.24. The third-order valence-electron chi connectivity index (χ3n) is 1.61. The molecule has 1 aromatic carbocycles. The predicted molar refractivity (Wildman–Crippen MR) is 56.9 cm³/mol. The van der Waals surface area contributed by atoms with Gasteiger partial charge in [-0.3, -0.25) is 4.79 Å². The molecule has 0 aliphatic carbocycles. The second-order valence-electron chi connectivity index (χ2n) is 3.22. The van der Waals surface area contributed by atoms with E-state index in [0.717, 1.165) is 0 Å². The van der Waals surface area contributed by atoms with Crippen LogP contribution in [-0.4, -0.2) is 19.2 Å². The Balaban J connectivity index is 2.63. The largest absolute Gasteiger partial charge is 0.487 e. The minimum atomic E-state index is 0.0915. The maximum Gasteiger partial charge on any atom is 0.209 e. The van der Waals surface area contributed by atoms with E-state index in [9.17, 15) is 4.79 Å². The van der Waals surface area contributed by atoms with E-state index < -0.39 is 0 Å². The van der Waals surface area contributed by atoms with Gasteiger partial charge >= 0.3 is 0 Å². The number of hydrogen-bond acceptors (Lipinski definition) is 3. The minimum absolute atomic E-state index is 0.0915. The van der Waals surface area contributed by atoms with Gasteiger partial charge < -0.3 is 14.8 Å². The normalized spacial score (nSPS) is 9.80. The van der Waals surface area contributed by atoms with Gasteiger partial charge in [0.25, 0.3) is 0 Å². The van der Waals surface area contributed by atoms with Crippen LogP contribution in [0, 0.1) is 0 Å². The molecule has 82 valence electrons. The molecule has 0 bridgehead atoms. The van der Waals surface area contributed by atoms with Gasteiger partial charge in [0.05, 0.1) is 6.10 Å². The van der Waals surface area contributed by atoms with Crippen LogP contribution in [0.15, 0.2) is 24.3 Å². The molecule has 1 aromatic rings. The van der Waals surface area contributed by atoms with E-state index in [1.165, 1.54) is 0 Å². The van der Waals surface area contributed by atoms with Crippen molar-refractivity contribution in [1.29, 1.82) is 0 Å². The summed E-state index contributed by atoms with van der Waals surface area (Å²) in [7, 11) is 0. The maximum atomic E-state index is 10.0. The lowest BCUT2D eigenvalue weighted by Crippen LogP contribution is -2.18. The fourth-order valence-corrected chi connectivity index (χ4v) is 1.07. The van der Waals surface area contributed by atoms with Crippen LogP contribution in [0.25, 0.3) is 0 Å². The van der Waals surface area contributed by atoms with Gasteiger partial charge in [0.15, 0.2) is 18.2 Å². The molecule has 0 aliphatic heterocycles. The summed E-state index contributed by atoms with van der Waals surface area (Å²) < 4.78 is 10.8. The van der Waals surface area contributed by atoms with Crippen LogP contribution in [-0.2, 0) is 4.79 Å². The first-order valence-corrected chi connectivity index (χ1v) is 4.79. The van der Waals surface area contributed by atoms with E-state index in [1.807, 2.05) is 32.0 Å². The molecule has 0 heterocycles. The first-order valence-electron chi connectivity index (χ1n) is 4.79. The standard InChI is InChI=1S/C11H15NO3/c1-9(2)15-11-6-4-3-5-10(11)14-8-12-7-13/h3-7,9H,8H2,1-2H3,(H,12,13). The Bertz CT molecular complexity index is 312. The Kier molecular flexibility index (Phi) is 4.47. The van der Waals surface area contributed by atoms with Crippen molar-refractivity contribution in [2.75, 3.05) is 6.73 Å². The fraction of sp³-hybridized carbons (Fsp3) is 0.364. The van der Waals surface area contributed by atoms with E-state index in [0.29, 0.717) is 17.9 Å². The lowest BCUT2D eigenvalue weighted by Gasteiger charge is -2.14. The summed E-state index contributed by atoms with van der Waals surface area (Å²) in [5.41, 5.74) is 0. The molecule has 1 rings (SSSR count). The number of hydrogen-bond donors (Lipinski definition) is 1. The highest BCUT2D eigenvalue weighted by Gasteiger charge is 2.05. The lowest BCUT2D eigenvalue weighted by atomic mass is 10.3. The summed E-state index contributed by atoms with van der Waals surface area (Å²) in [5, 5.41) is 2.42. The third-order valence-corrected chi connectivity index (χ3v) is 1.61. The summed E-state index contributed by atoms with van der Waals surface area (Å²) in [4.78, 5) is 10.0. The van der Waals surface area contributed by atoms with Crippen molar-refractivity contribution in [3.05, 3.63) is 24.3 Å². The van der Waals surface area contributed by atoms with E-state index in [-0.39, 0.29) is 12.8 Å². The second kappa shape index (κ2) is 5.90. The van der Waals surface area contributed by atoms with Crippen molar-refractivity contribution >= 4 is 6.41 Å². The number of carbonyl (C=O) groups is 1. The van der Waals surface area contributed by atoms with Gasteiger partial charge in [-0.25, -0.2) is 0 Å². The number of carbonyl (C=O) groups excluding carboxylic acids is 1. The molecular formula is C11H15NO3. The monoisotopic (exact) mass is 209 g/mol. The highest BCUT2D eigenvalue weighted by Crippen LogP contribution is 2.26. The van der Waals surface area contributed by atoms with Crippen LogP contribution in [0.5, 0.6) is 11.5 Å². The molecule has 4 heteroatoms. The number of nitrogens with one attached hydrogen (secondary N) is 1. The second-order valence-corrected chi connectivity index (χ2v) is 3.22. The molecule has 4 nitrogen and oxygen atoms in total. The van der Waals surface area contributed by atoms with Gasteiger partial charge in [0.1, 0.15) is 0 Å². The zero-order valence-electron chi connectivity index (χ0n) is 8.90. The molecule has 1 amide bonds. The van der Waals surface area contributed by atoms with Gasteiger partial charge in [-0.05, 0) is 26.0 Å². The SMILES string of the molecule is CC(C)Oc1ccccc1OCNC=O. The van der Waals surface area contributed by atoms with Crippen LogP contribution in [0.3, 0.4) is 0 Å². The Hall–Kier alpha value is -1.71. The highest BCUT2D eigenvalue weighted by molar-refractivity contribution is 5.46. The average molecular weight is 209 g/mol. The van der Waals surface area contributed by atoms with Gasteiger partial charge in [0, 0.05) is 0 Å². The summed E-state index contributed by atoms with van der Waals surface area (Å²) >= 11 is 0. The molecule has 0 aromatic heterocycles. The van der Waals surface area contributed by atoms with Crippen molar-refractivity contribution < 1.29 is 14.3 Å². The summed E-state index contributed by atoms with van der Waals surface area (Å²) in [6.45, 7) is 4.03. The molecule has 0 saturated carbocycles. The van der Waals surface area contributed by atoms with E-state index in [4.69, 9.17) is 9.47 Å². The number of amides is 1. The Morgan fingerprint density at radius 3 is 2.60 bits per heavy atom. The molecule has 0 aliphatic rings. The Labute approximate surface area is 89.2 Å². The van der Waals surface area contributed by atoms with Crippen molar-refractivity contribution in [3.8, 4) is 11.5 Å². The summed E-state index contributed by atoms with van der Waals surface area (Å²) in [6, 6.07) is 7.35. The topological polar surface area (TPSA) is 47.6 Å². The Morgan fingerprint density at radius 1 is 1.33 bits per heavy atom. The van der Waals surface area contributed by atoms with Crippen LogP contribution in [0.2, 0.25) is 0 Å². The van der Waals surface area contributed by atoms with E-state index in [2.05, 4.69) is 5.32 Å². The fourth-order valence-electron chi connectivity index (χ4n) is 1.07. The smallest absolute Gasteiger partial charge is 0.209 e. The number of rotatable bonds is 6. The van der Waals surface area contributed by atoms with Crippen LogP contribution >= 0.6 is 0 Å². The highest BCUT2D eigenvalue weighted by atomic mass is 16.5. The minimum Gasteiger partial charge on any atom is -0.487 e. The molecular weight excluding hydrogens is 194 g/mol. The predicted octanol–water partition coefficient (Wildman–Crippen LogP) is 1.56. The number of ether oxygens (including phenoxy) is 2. The lowest BCUT2D eigenvalue weighted by molar-refractivity contribution is -0.110. The van der Waals surface area contributed by atoms with Crippen molar-refractivity contribution in [2.24, 2.45) is 0 Å². The quantitative estimate of drug-likeness (QED) is 0.439. The molecule has 0 spiro atoms. The van der Waals surface area contributed by atoms with Gasteiger partial charge in [0.2, 0.25) is 6.41 Å². The number of benzene rings is 1. The summed E-state index contributed by atoms with van der Waals surface area (Å²) in [6.07, 6.45) is 0.681. The van der Waals surface area contributed by atoms with Gasteiger partial charge in [-0.15, -0.1) is 0 Å².